The van der Waals surface area contributed by atoms with Crippen molar-refractivity contribution >= 4 is 6.21 Å². The summed E-state index contributed by atoms with van der Waals surface area (Å²) in [4.78, 5) is 2.29. The van der Waals surface area contributed by atoms with Crippen LogP contribution in [0.5, 0.6) is 0 Å². The molecule has 0 aliphatic rings. The van der Waals surface area contributed by atoms with Crippen LogP contribution in [0.4, 0.5) is 0 Å². The van der Waals surface area contributed by atoms with Crippen molar-refractivity contribution in [1.29, 1.82) is 0 Å². The van der Waals surface area contributed by atoms with Gasteiger partial charge in [-0.3, -0.25) is 0 Å². The Morgan fingerprint density at radius 3 is 2.58 bits per heavy atom. The lowest BCUT2D eigenvalue weighted by atomic mass is 10.4. The van der Waals surface area contributed by atoms with Crippen molar-refractivity contribution in [2.24, 2.45) is 0 Å². The number of aliphatic hydroxyl groups is 1. The minimum Gasteiger partial charge on any atom is -0.386 e. The quantitative estimate of drug-likeness (QED) is 0.453. The van der Waals surface area contributed by atoms with Gasteiger partial charge in [-0.15, -0.1) is 0 Å². The maximum absolute atomic E-state index is 8.59. The van der Waals surface area contributed by atoms with Gasteiger partial charge in [0.2, 0.25) is 0 Å². The number of likely N-dealkylation sites (N-methyl/N-ethyl adjacent to an activating group) is 2. The Morgan fingerprint density at radius 1 is 1.42 bits per heavy atom. The van der Waals surface area contributed by atoms with Crippen molar-refractivity contribution in [3.05, 3.63) is 0 Å². The molecule has 0 saturated carbocycles. The molecule has 0 aliphatic carbocycles. The summed E-state index contributed by atoms with van der Waals surface area (Å²) in [6.07, 6.45) is 2.99. The molecule has 3 nitrogen and oxygen atoms in total. The van der Waals surface area contributed by atoms with E-state index in [2.05, 4.69) is 18.9 Å². The third-order valence-electron chi connectivity index (χ3n) is 1.83. The summed E-state index contributed by atoms with van der Waals surface area (Å²) in [6, 6.07) is 0. The highest BCUT2D eigenvalue weighted by atomic mass is 16.3. The van der Waals surface area contributed by atoms with Crippen molar-refractivity contribution in [1.82, 2.24) is 4.90 Å². The summed E-state index contributed by atoms with van der Waals surface area (Å²) in [5.41, 5.74) is 0. The van der Waals surface area contributed by atoms with Crippen molar-refractivity contribution in [3.8, 4) is 0 Å². The third kappa shape index (κ3) is 6.31. The minimum absolute atomic E-state index is 0.133. The van der Waals surface area contributed by atoms with Crippen molar-refractivity contribution in [2.75, 3.05) is 40.3 Å². The molecular formula is C9H21N2O+. The largest absolute Gasteiger partial charge is 0.386 e. The molecule has 0 aromatic rings. The molecule has 0 fully saturated rings. The van der Waals surface area contributed by atoms with E-state index in [0.717, 1.165) is 19.6 Å². The number of hydrogen-bond donors (Lipinski definition) is 1. The van der Waals surface area contributed by atoms with Gasteiger partial charge in [0.1, 0.15) is 13.7 Å². The van der Waals surface area contributed by atoms with Gasteiger partial charge in [-0.25, -0.2) is 4.58 Å². The lowest BCUT2D eigenvalue weighted by Crippen LogP contribution is -2.27. The molecule has 3 heteroatoms. The van der Waals surface area contributed by atoms with Gasteiger partial charge >= 0.3 is 0 Å². The van der Waals surface area contributed by atoms with Gasteiger partial charge in [-0.2, -0.15) is 0 Å². The molecule has 0 saturated heterocycles. The van der Waals surface area contributed by atoms with E-state index >= 15 is 0 Å². The topological polar surface area (TPSA) is 26.5 Å². The van der Waals surface area contributed by atoms with E-state index in [1.54, 1.807) is 6.21 Å². The first-order valence-electron chi connectivity index (χ1n) is 4.53. The molecular weight excluding hydrogens is 152 g/mol. The van der Waals surface area contributed by atoms with Crippen LogP contribution in [-0.2, 0) is 0 Å². The summed E-state index contributed by atoms with van der Waals surface area (Å²) in [5, 5.41) is 8.59. The molecule has 12 heavy (non-hydrogen) atoms. The monoisotopic (exact) mass is 173 g/mol. The summed E-state index contributed by atoms with van der Waals surface area (Å²) >= 11 is 0. The average Bonchev–Trinajstić information content (AvgIpc) is 2.02. The summed E-state index contributed by atoms with van der Waals surface area (Å²) < 4.78 is 2.02. The van der Waals surface area contributed by atoms with E-state index in [1.165, 1.54) is 6.42 Å². The molecule has 0 aliphatic heterocycles. The SMILES string of the molecule is CCCN(C)CC[N+](C)=CCO. The second-order valence-corrected chi connectivity index (χ2v) is 3.15. The highest BCUT2D eigenvalue weighted by Gasteiger charge is 1.99. The van der Waals surface area contributed by atoms with Gasteiger partial charge in [0, 0.05) is 0 Å². The summed E-state index contributed by atoms with van der Waals surface area (Å²) in [6.45, 7) is 5.50. The van der Waals surface area contributed by atoms with Gasteiger partial charge < -0.3 is 10.0 Å². The maximum Gasteiger partial charge on any atom is 0.165 e. The van der Waals surface area contributed by atoms with E-state index < -0.39 is 0 Å². The zero-order valence-electron chi connectivity index (χ0n) is 8.45. The van der Waals surface area contributed by atoms with Crippen LogP contribution < -0.4 is 0 Å². The predicted molar refractivity (Wildman–Crippen MR) is 52.0 cm³/mol. The number of hydrogen-bond acceptors (Lipinski definition) is 2. The van der Waals surface area contributed by atoms with E-state index in [4.69, 9.17) is 5.11 Å². The number of aliphatic hydroxyl groups excluding tert-OH is 1. The Labute approximate surface area is 75.3 Å². The maximum atomic E-state index is 8.59. The van der Waals surface area contributed by atoms with Crippen LogP contribution in [0, 0.1) is 0 Å². The molecule has 0 aromatic heterocycles. The molecule has 0 heterocycles. The summed E-state index contributed by atoms with van der Waals surface area (Å²) in [5.74, 6) is 0. The van der Waals surface area contributed by atoms with E-state index in [0.29, 0.717) is 0 Å². The molecule has 0 radical (unpaired) electrons. The Balaban J connectivity index is 3.46. The fourth-order valence-corrected chi connectivity index (χ4v) is 1.05. The van der Waals surface area contributed by atoms with Crippen LogP contribution in [0.25, 0.3) is 0 Å². The fraction of sp³-hybridized carbons (Fsp3) is 0.889. The first-order valence-corrected chi connectivity index (χ1v) is 4.53. The highest BCUT2D eigenvalue weighted by Crippen LogP contribution is 1.84. The van der Waals surface area contributed by atoms with Crippen molar-refractivity contribution in [2.45, 2.75) is 13.3 Å². The van der Waals surface area contributed by atoms with Crippen molar-refractivity contribution in [3.63, 3.8) is 0 Å². The van der Waals surface area contributed by atoms with Gasteiger partial charge in [0.05, 0.1) is 6.54 Å². The van der Waals surface area contributed by atoms with Crippen LogP contribution in [0.1, 0.15) is 13.3 Å². The summed E-state index contributed by atoms with van der Waals surface area (Å²) in [7, 11) is 4.10. The first kappa shape index (κ1) is 11.6. The normalized spacial score (nSPS) is 12.6. The number of rotatable bonds is 6. The van der Waals surface area contributed by atoms with E-state index in [-0.39, 0.29) is 6.61 Å². The minimum atomic E-state index is 0.133. The van der Waals surface area contributed by atoms with Crippen LogP contribution in [0.2, 0.25) is 0 Å². The average molecular weight is 173 g/mol. The standard InChI is InChI=1S/C9H21N2O/c1-4-5-10(2)6-7-11(3)8-9-12/h8,12H,4-7,9H2,1-3H3/q+1. The van der Waals surface area contributed by atoms with Gasteiger partial charge in [-0.05, 0) is 20.0 Å². The number of nitrogens with zero attached hydrogens (tertiary/aromatic N) is 2. The third-order valence-corrected chi connectivity index (χ3v) is 1.83. The second kappa shape index (κ2) is 7.25. The molecule has 0 spiro atoms. The van der Waals surface area contributed by atoms with E-state index in [9.17, 15) is 0 Å². The molecule has 0 atom stereocenters. The lowest BCUT2D eigenvalue weighted by molar-refractivity contribution is -0.494. The Bertz CT molecular complexity index is 134. The molecule has 0 aromatic carbocycles. The molecule has 1 N–H and O–H groups in total. The van der Waals surface area contributed by atoms with Gasteiger partial charge in [0.15, 0.2) is 12.8 Å². The van der Waals surface area contributed by atoms with Crippen molar-refractivity contribution < 1.29 is 9.68 Å². The second-order valence-electron chi connectivity index (χ2n) is 3.15. The van der Waals surface area contributed by atoms with E-state index in [1.807, 2.05) is 11.6 Å². The smallest absolute Gasteiger partial charge is 0.165 e. The first-order chi connectivity index (χ1) is 5.70. The Kier molecular flexibility index (Phi) is 7.00. The van der Waals surface area contributed by atoms with Crippen LogP contribution in [0.15, 0.2) is 0 Å². The van der Waals surface area contributed by atoms with Crippen LogP contribution in [0.3, 0.4) is 0 Å². The van der Waals surface area contributed by atoms with Crippen LogP contribution >= 0.6 is 0 Å². The molecule has 0 unspecified atom stereocenters. The van der Waals surface area contributed by atoms with Gasteiger partial charge in [0.25, 0.3) is 0 Å². The molecule has 0 bridgehead atoms. The molecule has 0 amide bonds. The lowest BCUT2D eigenvalue weighted by Gasteiger charge is -2.12. The molecule has 0 rings (SSSR count). The zero-order valence-corrected chi connectivity index (χ0v) is 8.45. The van der Waals surface area contributed by atoms with Crippen LogP contribution in [-0.4, -0.2) is 61.1 Å². The van der Waals surface area contributed by atoms with Gasteiger partial charge in [-0.1, -0.05) is 6.92 Å². The predicted octanol–water partition coefficient (Wildman–Crippen LogP) is 0.0336. The Hall–Kier alpha value is -0.410. The zero-order chi connectivity index (χ0) is 9.40. The Morgan fingerprint density at radius 2 is 2.08 bits per heavy atom. The fourth-order valence-electron chi connectivity index (χ4n) is 1.05. The molecule has 72 valence electrons. The highest BCUT2D eigenvalue weighted by molar-refractivity contribution is 5.51.